The summed E-state index contributed by atoms with van der Waals surface area (Å²) in [5.41, 5.74) is -0.147. The lowest BCUT2D eigenvalue weighted by molar-refractivity contribution is -0.697. The van der Waals surface area contributed by atoms with Crippen LogP contribution < -0.4 is 5.32 Å². The van der Waals surface area contributed by atoms with Crippen LogP contribution in [0.2, 0.25) is 0 Å². The first-order valence-corrected chi connectivity index (χ1v) is 6.63. The third-order valence-corrected chi connectivity index (χ3v) is 3.10. The lowest BCUT2D eigenvalue weighted by Crippen LogP contribution is -2.92. The average Bonchev–Trinajstić information content (AvgIpc) is 2.24. The second-order valence-corrected chi connectivity index (χ2v) is 5.95. The molecule has 1 fully saturated rings. The molecule has 0 radical (unpaired) electrons. The molecule has 96 valence electrons. The fraction of sp³-hybridized carbons (Fsp3) is 1.00. The van der Waals surface area contributed by atoms with Crippen LogP contribution in [0, 0.1) is 0 Å². The number of aliphatic hydroxyl groups excluding tert-OH is 1. The Balaban J connectivity index is 2.07. The molecule has 3 nitrogen and oxygen atoms in total. The van der Waals surface area contributed by atoms with E-state index in [1.165, 1.54) is 32.1 Å². The van der Waals surface area contributed by atoms with E-state index in [1.807, 2.05) is 20.8 Å². The molecule has 0 aromatic rings. The van der Waals surface area contributed by atoms with Gasteiger partial charge in [0.1, 0.15) is 12.6 Å². The van der Waals surface area contributed by atoms with Gasteiger partial charge in [-0.15, -0.1) is 0 Å². The largest absolute Gasteiger partial charge is 0.385 e. The SMILES string of the molecule is CC(C)(C)OC[C@H](O)C[NH2+]C1CCCCC1. The quantitative estimate of drug-likeness (QED) is 0.742. The van der Waals surface area contributed by atoms with Gasteiger partial charge in [-0.1, -0.05) is 6.42 Å². The van der Waals surface area contributed by atoms with Gasteiger partial charge in [-0.05, 0) is 46.5 Å². The van der Waals surface area contributed by atoms with Crippen molar-refractivity contribution in [2.24, 2.45) is 0 Å². The number of hydrogen-bond donors (Lipinski definition) is 2. The third-order valence-electron chi connectivity index (χ3n) is 3.10. The van der Waals surface area contributed by atoms with Gasteiger partial charge in [-0.25, -0.2) is 0 Å². The fourth-order valence-corrected chi connectivity index (χ4v) is 2.13. The molecule has 0 heterocycles. The van der Waals surface area contributed by atoms with Crippen LogP contribution in [-0.2, 0) is 4.74 Å². The molecule has 3 N–H and O–H groups in total. The number of aliphatic hydroxyl groups is 1. The van der Waals surface area contributed by atoms with Gasteiger partial charge in [0.2, 0.25) is 0 Å². The summed E-state index contributed by atoms with van der Waals surface area (Å²) in [6.45, 7) is 7.28. The Hall–Kier alpha value is -0.120. The number of hydrogen-bond acceptors (Lipinski definition) is 2. The molecule has 0 unspecified atom stereocenters. The Morgan fingerprint density at radius 1 is 1.25 bits per heavy atom. The number of rotatable bonds is 5. The van der Waals surface area contributed by atoms with Gasteiger partial charge in [0, 0.05) is 0 Å². The second kappa shape index (κ2) is 6.58. The number of ether oxygens (including phenoxy) is 1. The van der Waals surface area contributed by atoms with Crippen molar-refractivity contribution in [2.75, 3.05) is 13.2 Å². The van der Waals surface area contributed by atoms with Gasteiger partial charge < -0.3 is 15.2 Å². The average molecular weight is 230 g/mol. The molecule has 0 aliphatic heterocycles. The number of nitrogens with two attached hydrogens (primary N) is 1. The molecule has 1 rings (SSSR count). The van der Waals surface area contributed by atoms with Gasteiger partial charge in [0.15, 0.2) is 0 Å². The molecular weight excluding hydrogens is 202 g/mol. The zero-order valence-corrected chi connectivity index (χ0v) is 11.0. The van der Waals surface area contributed by atoms with E-state index < -0.39 is 0 Å². The summed E-state index contributed by atoms with van der Waals surface area (Å²) in [5, 5.41) is 12.1. The standard InChI is InChI=1S/C13H27NO2/c1-13(2,3)16-10-12(15)9-14-11-7-5-4-6-8-11/h11-12,14-15H,4-10H2,1-3H3/p+1/t12-/m1/s1. The van der Waals surface area contributed by atoms with E-state index in [0.717, 1.165) is 12.6 Å². The van der Waals surface area contributed by atoms with E-state index >= 15 is 0 Å². The molecule has 16 heavy (non-hydrogen) atoms. The molecule has 1 atom stereocenters. The Bertz CT molecular complexity index is 183. The van der Waals surface area contributed by atoms with Crippen LogP contribution in [0.5, 0.6) is 0 Å². The van der Waals surface area contributed by atoms with Crippen LogP contribution in [-0.4, -0.2) is 36.0 Å². The van der Waals surface area contributed by atoms with Crippen molar-refractivity contribution in [1.82, 2.24) is 0 Å². The van der Waals surface area contributed by atoms with Gasteiger partial charge >= 0.3 is 0 Å². The first kappa shape index (κ1) is 13.9. The highest BCUT2D eigenvalue weighted by Gasteiger charge is 2.19. The minimum Gasteiger partial charge on any atom is -0.385 e. The maximum atomic E-state index is 9.79. The second-order valence-electron chi connectivity index (χ2n) is 5.95. The number of quaternary nitrogens is 1. The fourth-order valence-electron chi connectivity index (χ4n) is 2.13. The summed E-state index contributed by atoms with van der Waals surface area (Å²) in [7, 11) is 0. The van der Waals surface area contributed by atoms with Crippen LogP contribution in [0.1, 0.15) is 52.9 Å². The van der Waals surface area contributed by atoms with Gasteiger partial charge in [0.25, 0.3) is 0 Å². The molecule has 0 amide bonds. The topological polar surface area (TPSA) is 46.1 Å². The highest BCUT2D eigenvalue weighted by atomic mass is 16.5. The van der Waals surface area contributed by atoms with Gasteiger partial charge in [0.05, 0.1) is 18.2 Å². The molecule has 1 saturated carbocycles. The van der Waals surface area contributed by atoms with Crippen molar-refractivity contribution < 1.29 is 15.2 Å². The first-order chi connectivity index (χ1) is 7.47. The van der Waals surface area contributed by atoms with Gasteiger partial charge in [-0.3, -0.25) is 0 Å². The van der Waals surface area contributed by atoms with Crippen LogP contribution >= 0.6 is 0 Å². The van der Waals surface area contributed by atoms with Crippen molar-refractivity contribution in [3.05, 3.63) is 0 Å². The zero-order chi connectivity index (χ0) is 12.0. The van der Waals surface area contributed by atoms with Crippen molar-refractivity contribution in [1.29, 1.82) is 0 Å². The molecule has 0 saturated heterocycles. The van der Waals surface area contributed by atoms with Crippen LogP contribution in [0.4, 0.5) is 0 Å². The van der Waals surface area contributed by atoms with E-state index in [1.54, 1.807) is 0 Å². The molecule has 0 spiro atoms. The Morgan fingerprint density at radius 2 is 1.88 bits per heavy atom. The maximum absolute atomic E-state index is 9.79. The predicted octanol–water partition coefficient (Wildman–Crippen LogP) is 1.06. The van der Waals surface area contributed by atoms with E-state index in [2.05, 4.69) is 5.32 Å². The molecule has 3 heteroatoms. The summed E-state index contributed by atoms with van der Waals surface area (Å²) in [5.74, 6) is 0. The van der Waals surface area contributed by atoms with Crippen molar-refractivity contribution in [3.63, 3.8) is 0 Å². The minimum atomic E-state index is -0.332. The Morgan fingerprint density at radius 3 is 2.44 bits per heavy atom. The zero-order valence-electron chi connectivity index (χ0n) is 11.0. The molecule has 0 bridgehead atoms. The van der Waals surface area contributed by atoms with Crippen LogP contribution in [0.25, 0.3) is 0 Å². The van der Waals surface area contributed by atoms with E-state index in [9.17, 15) is 5.11 Å². The summed E-state index contributed by atoms with van der Waals surface area (Å²) >= 11 is 0. The molecule has 0 aromatic heterocycles. The molecule has 1 aliphatic carbocycles. The van der Waals surface area contributed by atoms with Crippen molar-refractivity contribution in [2.45, 2.75) is 70.6 Å². The summed E-state index contributed by atoms with van der Waals surface area (Å²) in [6, 6.07) is 0.734. The lowest BCUT2D eigenvalue weighted by atomic mass is 9.95. The first-order valence-electron chi connectivity index (χ1n) is 6.63. The Labute approximate surface area is 99.6 Å². The molecule has 0 aromatic carbocycles. The molecular formula is C13H28NO2+. The van der Waals surface area contributed by atoms with Crippen LogP contribution in [0.3, 0.4) is 0 Å². The maximum Gasteiger partial charge on any atom is 0.126 e. The summed E-state index contributed by atoms with van der Waals surface area (Å²) in [4.78, 5) is 0. The van der Waals surface area contributed by atoms with Crippen LogP contribution in [0.15, 0.2) is 0 Å². The van der Waals surface area contributed by atoms with E-state index in [-0.39, 0.29) is 11.7 Å². The lowest BCUT2D eigenvalue weighted by Gasteiger charge is -2.24. The predicted molar refractivity (Wildman–Crippen MR) is 65.4 cm³/mol. The van der Waals surface area contributed by atoms with Crippen molar-refractivity contribution in [3.8, 4) is 0 Å². The monoisotopic (exact) mass is 230 g/mol. The normalized spacial score (nSPS) is 21.0. The highest BCUT2D eigenvalue weighted by molar-refractivity contribution is 4.64. The smallest absolute Gasteiger partial charge is 0.126 e. The van der Waals surface area contributed by atoms with Gasteiger partial charge in [-0.2, -0.15) is 0 Å². The van der Waals surface area contributed by atoms with E-state index in [4.69, 9.17) is 4.74 Å². The summed E-state index contributed by atoms with van der Waals surface area (Å²) in [6.07, 6.45) is 6.40. The molecule has 1 aliphatic rings. The highest BCUT2D eigenvalue weighted by Crippen LogP contribution is 2.14. The summed E-state index contributed by atoms with van der Waals surface area (Å²) < 4.78 is 5.56. The van der Waals surface area contributed by atoms with Crippen molar-refractivity contribution >= 4 is 0 Å². The third kappa shape index (κ3) is 6.46. The Kier molecular flexibility index (Phi) is 5.73. The minimum absolute atomic E-state index is 0.147. The van der Waals surface area contributed by atoms with E-state index in [0.29, 0.717) is 6.61 Å².